The lowest BCUT2D eigenvalue weighted by molar-refractivity contribution is 1.24. The highest BCUT2D eigenvalue weighted by atomic mass is 14.7. The molecule has 0 N–H and O–H groups in total. The van der Waals surface area contributed by atoms with E-state index in [0.717, 1.165) is 42.3 Å². The molecule has 5 rings (SSSR count). The van der Waals surface area contributed by atoms with Gasteiger partial charge in [0.2, 0.25) is 0 Å². The van der Waals surface area contributed by atoms with Crippen LogP contribution in [0.5, 0.6) is 0 Å². The normalized spacial score (nSPS) is 16.8. The van der Waals surface area contributed by atoms with Crippen LogP contribution in [-0.2, 0) is 0 Å². The maximum atomic E-state index is 4.73. The van der Waals surface area contributed by atoms with Crippen molar-refractivity contribution < 1.29 is 0 Å². The minimum Gasteiger partial charge on any atom is -0.254 e. The summed E-state index contributed by atoms with van der Waals surface area (Å²) in [7, 11) is 0. The van der Waals surface area contributed by atoms with E-state index in [1.165, 1.54) is 0 Å². The fraction of sp³-hybridized carbons (Fsp3) is 0. The van der Waals surface area contributed by atoms with Crippen LogP contribution in [0.2, 0.25) is 0 Å². The summed E-state index contributed by atoms with van der Waals surface area (Å²) in [4.78, 5) is 18.9. The van der Waals surface area contributed by atoms with E-state index in [1.807, 2.05) is 122 Å². The second kappa shape index (κ2) is 9.14. The third-order valence-corrected chi connectivity index (χ3v) is 5.13. The minimum atomic E-state index is 0.805. The Hall–Kier alpha value is -4.44. The van der Waals surface area contributed by atoms with Crippen molar-refractivity contribution in [1.29, 1.82) is 0 Å². The largest absolute Gasteiger partial charge is 0.254 e. The Kier molecular flexibility index (Phi) is 5.58. The van der Waals surface area contributed by atoms with Gasteiger partial charge in [0, 0.05) is 45.7 Å². The van der Waals surface area contributed by atoms with Crippen LogP contribution in [0.3, 0.4) is 0 Å². The van der Waals surface area contributed by atoms with Crippen LogP contribution >= 0.6 is 0 Å². The smallest absolute Gasteiger partial charge is 0.0886 e. The van der Waals surface area contributed by atoms with Gasteiger partial charge in [-0.2, -0.15) is 0 Å². The van der Waals surface area contributed by atoms with Gasteiger partial charge in [-0.05, 0) is 24.3 Å². The molecule has 152 valence electrons. The highest BCUT2D eigenvalue weighted by molar-refractivity contribution is 5.33. The summed E-state index contributed by atoms with van der Waals surface area (Å²) >= 11 is 0. The quantitative estimate of drug-likeness (QED) is 0.397. The molecule has 0 aliphatic carbocycles. The second-order valence-electron chi connectivity index (χ2n) is 7.27. The predicted octanol–water partition coefficient (Wildman–Crippen LogP) is 0.231. The highest BCUT2D eigenvalue weighted by Crippen LogP contribution is 1.80. The molecule has 4 heteroatoms. The van der Waals surface area contributed by atoms with E-state index in [0.29, 0.717) is 0 Å². The average Bonchev–Trinajstić information content (AvgIpc) is 2.85. The summed E-state index contributed by atoms with van der Waals surface area (Å²) in [6.45, 7) is 0. The molecule has 1 aliphatic heterocycles. The van der Waals surface area contributed by atoms with Crippen LogP contribution in [-0.4, -0.2) is 0 Å². The molecule has 0 radical (unpaired) electrons. The van der Waals surface area contributed by atoms with Gasteiger partial charge < -0.3 is 0 Å². The lowest BCUT2D eigenvalue weighted by Gasteiger charge is -1.92. The van der Waals surface area contributed by atoms with E-state index in [4.69, 9.17) is 20.0 Å². The van der Waals surface area contributed by atoms with Crippen molar-refractivity contribution in [3.05, 3.63) is 139 Å². The molecule has 0 unspecified atom stereocenters. The van der Waals surface area contributed by atoms with Crippen molar-refractivity contribution in [3.8, 4) is 0 Å². The first-order chi connectivity index (χ1) is 15.9. The van der Waals surface area contributed by atoms with E-state index < -0.39 is 0 Å². The Morgan fingerprint density at radius 3 is 0.750 bits per heavy atom. The molecule has 0 fully saturated rings. The molecule has 0 saturated carbocycles. The summed E-state index contributed by atoms with van der Waals surface area (Å²) in [5.74, 6) is 0. The Balaban J connectivity index is 1.94. The van der Waals surface area contributed by atoms with Crippen molar-refractivity contribution in [2.75, 3.05) is 0 Å². The van der Waals surface area contributed by atoms with Gasteiger partial charge in [0.15, 0.2) is 0 Å². The zero-order valence-corrected chi connectivity index (χ0v) is 17.3. The fourth-order valence-electron chi connectivity index (χ4n) is 3.41. The summed E-state index contributed by atoms with van der Waals surface area (Å²) in [5, 5.41) is 7.14. The molecule has 0 saturated heterocycles. The monoisotopic (exact) mass is 412 g/mol. The number of benzene rings is 4. The number of nitrogens with zero attached hydrogens (tertiary/aromatic N) is 4. The molecule has 32 heavy (non-hydrogen) atoms. The van der Waals surface area contributed by atoms with Crippen LogP contribution in [0.25, 0.3) is 24.8 Å². The third kappa shape index (κ3) is 4.35. The average molecular weight is 412 g/mol. The van der Waals surface area contributed by atoms with E-state index in [2.05, 4.69) is 0 Å². The van der Waals surface area contributed by atoms with Gasteiger partial charge in [-0.25, -0.2) is 0 Å². The third-order valence-electron chi connectivity index (χ3n) is 5.13. The van der Waals surface area contributed by atoms with Crippen LogP contribution in [0.1, 0.15) is 0 Å². The minimum absolute atomic E-state index is 0.805. The summed E-state index contributed by atoms with van der Waals surface area (Å²) in [6.07, 6.45) is 7.44. The molecule has 1 aliphatic rings. The Morgan fingerprint density at radius 2 is 0.500 bits per heavy atom. The van der Waals surface area contributed by atoms with Gasteiger partial charge in [0.1, 0.15) is 0 Å². The van der Waals surface area contributed by atoms with E-state index in [9.17, 15) is 0 Å². The zero-order valence-electron chi connectivity index (χ0n) is 17.3. The highest BCUT2D eigenvalue weighted by Gasteiger charge is 1.90. The van der Waals surface area contributed by atoms with Gasteiger partial charge in [-0.15, -0.1) is 0 Å². The van der Waals surface area contributed by atoms with Crippen molar-refractivity contribution in [1.82, 2.24) is 0 Å². The summed E-state index contributed by atoms with van der Waals surface area (Å²) in [6, 6.07) is 31.8. The standard InChI is InChI=1S/C28H20N4/c1-2-10-22-18-30-27-15-7-8-16-28(27)32-20-24-12-4-3-11-23(24)19-31-26-14-6-5-13-25(26)29-17-21(22)9-1/h1-20H/b21-17-,22-18-,23-19-,24-20-,29-17?,29-25?,30-18?,30-27?,31-19?,31-26?,32-20?,32-28?. The lowest BCUT2D eigenvalue weighted by atomic mass is 10.2. The topological polar surface area (TPSA) is 49.4 Å². The Morgan fingerprint density at radius 1 is 0.281 bits per heavy atom. The van der Waals surface area contributed by atoms with E-state index in [1.54, 1.807) is 0 Å². The SMILES string of the molecule is C1=c2/cccc/c2=C/N=c2ccccc2=N/C=c2/cccc/c2=C/N=c2ccccc2=N/1. The molecule has 4 aromatic rings. The Labute approximate surface area is 184 Å². The van der Waals surface area contributed by atoms with Gasteiger partial charge >= 0.3 is 0 Å². The van der Waals surface area contributed by atoms with E-state index in [-0.39, 0.29) is 0 Å². The summed E-state index contributed by atoms with van der Waals surface area (Å²) in [5.41, 5.74) is 0. The number of hydrogen-bond acceptors (Lipinski definition) is 4. The second-order valence-corrected chi connectivity index (χ2v) is 7.27. The van der Waals surface area contributed by atoms with E-state index >= 15 is 0 Å². The lowest BCUT2D eigenvalue weighted by Crippen LogP contribution is -2.29. The van der Waals surface area contributed by atoms with Crippen LogP contribution in [0.4, 0.5) is 0 Å². The van der Waals surface area contributed by atoms with Crippen molar-refractivity contribution in [2.24, 2.45) is 20.0 Å². The molecule has 4 nitrogen and oxygen atoms in total. The maximum Gasteiger partial charge on any atom is 0.0886 e. The molecule has 0 atom stereocenters. The van der Waals surface area contributed by atoms with Crippen molar-refractivity contribution in [2.45, 2.75) is 0 Å². The first-order valence-corrected chi connectivity index (χ1v) is 10.4. The predicted molar refractivity (Wildman–Crippen MR) is 127 cm³/mol. The molecule has 0 aromatic heterocycles. The van der Waals surface area contributed by atoms with Gasteiger partial charge in [0.05, 0.1) is 21.4 Å². The number of rotatable bonds is 0. The fourth-order valence-corrected chi connectivity index (χ4v) is 3.41. The molecular weight excluding hydrogens is 392 g/mol. The molecule has 4 aromatic carbocycles. The Bertz CT molecular complexity index is 1380. The van der Waals surface area contributed by atoms with Crippen LogP contribution in [0.15, 0.2) is 117 Å². The first kappa shape index (κ1) is 19.5. The first-order valence-electron chi connectivity index (χ1n) is 10.4. The van der Waals surface area contributed by atoms with Crippen molar-refractivity contribution in [3.63, 3.8) is 0 Å². The maximum absolute atomic E-state index is 4.73. The number of hydrogen-bond donors (Lipinski definition) is 0. The molecule has 0 bridgehead atoms. The van der Waals surface area contributed by atoms with Gasteiger partial charge in [-0.1, -0.05) is 72.8 Å². The van der Waals surface area contributed by atoms with Gasteiger partial charge in [-0.3, -0.25) is 20.0 Å². The van der Waals surface area contributed by atoms with Crippen LogP contribution in [0, 0.1) is 0 Å². The van der Waals surface area contributed by atoms with Crippen LogP contribution < -0.4 is 42.3 Å². The zero-order chi connectivity index (χ0) is 21.6. The molecule has 1 heterocycles. The summed E-state index contributed by atoms with van der Waals surface area (Å²) < 4.78 is 0. The number of para-hydroxylation sites is 4. The van der Waals surface area contributed by atoms with Gasteiger partial charge in [0.25, 0.3) is 0 Å². The molecule has 0 spiro atoms. The number of fused-ring (bicyclic) bond motifs is 4. The molecular formula is C28H20N4. The van der Waals surface area contributed by atoms with Crippen molar-refractivity contribution >= 4 is 24.8 Å². The molecule has 0 amide bonds.